The second-order valence-electron chi connectivity index (χ2n) is 5.69. The molecule has 2 atom stereocenters. The summed E-state index contributed by atoms with van der Waals surface area (Å²) in [5.41, 5.74) is 0.615. The Morgan fingerprint density at radius 2 is 1.95 bits per heavy atom. The average molecular weight is 362 g/mol. The molecule has 2 aromatic rings. The molecule has 2 aromatic carbocycles. The molecular formula is C17H16BrNO3. The van der Waals surface area contributed by atoms with Crippen LogP contribution in [-0.4, -0.2) is 23.0 Å². The van der Waals surface area contributed by atoms with Crippen LogP contribution >= 0.6 is 15.9 Å². The van der Waals surface area contributed by atoms with Gasteiger partial charge in [0.1, 0.15) is 0 Å². The van der Waals surface area contributed by atoms with Gasteiger partial charge >= 0.3 is 5.97 Å². The van der Waals surface area contributed by atoms with Crippen LogP contribution in [0.2, 0.25) is 0 Å². The first-order valence-electron chi connectivity index (χ1n) is 7.26. The van der Waals surface area contributed by atoms with Gasteiger partial charge in [-0.25, -0.2) is 0 Å². The molecule has 4 nitrogen and oxygen atoms in total. The number of carbonyl (C=O) groups excluding carboxylic acids is 1. The monoisotopic (exact) mass is 361 g/mol. The van der Waals surface area contributed by atoms with Crippen molar-refractivity contribution < 1.29 is 14.7 Å². The van der Waals surface area contributed by atoms with E-state index in [1.54, 1.807) is 6.07 Å². The van der Waals surface area contributed by atoms with Crippen molar-refractivity contribution in [2.24, 2.45) is 5.92 Å². The molecule has 114 valence electrons. The number of benzene rings is 2. The highest BCUT2D eigenvalue weighted by molar-refractivity contribution is 9.10. The molecule has 1 fully saturated rings. The predicted octanol–water partition coefficient (Wildman–Crippen LogP) is 3.59. The number of fused-ring (bicyclic) bond motifs is 1. The topological polar surface area (TPSA) is 66.4 Å². The van der Waals surface area contributed by atoms with Crippen molar-refractivity contribution in [1.29, 1.82) is 0 Å². The standard InChI is InChI=1S/C17H16BrNO3/c18-12-7-10-3-1-2-4-14(10)15(9-12)16(20)19-13-6-5-11(8-13)17(21)22/h1-4,7,9,11,13H,5-6,8H2,(H,19,20)(H,21,22)/t11-,13+/m1/s1. The molecule has 0 saturated heterocycles. The maximum Gasteiger partial charge on any atom is 0.306 e. The van der Waals surface area contributed by atoms with Crippen LogP contribution in [0.4, 0.5) is 0 Å². The second-order valence-corrected chi connectivity index (χ2v) is 6.61. The SMILES string of the molecule is O=C(N[C@H]1CC[C@@H](C(=O)O)C1)c1cc(Br)cc2ccccc12. The summed E-state index contributed by atoms with van der Waals surface area (Å²) in [5.74, 6) is -1.26. The molecule has 3 rings (SSSR count). The third-order valence-electron chi connectivity index (χ3n) is 4.19. The summed E-state index contributed by atoms with van der Waals surface area (Å²) in [5, 5.41) is 13.9. The average Bonchev–Trinajstić information content (AvgIpc) is 2.95. The van der Waals surface area contributed by atoms with E-state index in [4.69, 9.17) is 5.11 Å². The van der Waals surface area contributed by atoms with Crippen molar-refractivity contribution in [3.05, 3.63) is 46.4 Å². The first-order chi connectivity index (χ1) is 10.5. The molecule has 22 heavy (non-hydrogen) atoms. The Morgan fingerprint density at radius 1 is 1.18 bits per heavy atom. The van der Waals surface area contributed by atoms with Crippen molar-refractivity contribution >= 4 is 38.6 Å². The van der Waals surface area contributed by atoms with Gasteiger partial charge in [-0.15, -0.1) is 0 Å². The van der Waals surface area contributed by atoms with Gasteiger partial charge in [0.25, 0.3) is 5.91 Å². The van der Waals surface area contributed by atoms with Crippen LogP contribution in [0, 0.1) is 5.92 Å². The number of amides is 1. The van der Waals surface area contributed by atoms with Crippen LogP contribution in [0.25, 0.3) is 10.8 Å². The molecule has 0 aliphatic heterocycles. The van der Waals surface area contributed by atoms with Crippen molar-refractivity contribution in [3.63, 3.8) is 0 Å². The molecule has 0 radical (unpaired) electrons. The van der Waals surface area contributed by atoms with Gasteiger partial charge in [-0.2, -0.15) is 0 Å². The largest absolute Gasteiger partial charge is 0.481 e. The first-order valence-corrected chi connectivity index (χ1v) is 8.06. The molecule has 1 amide bonds. The fraction of sp³-hybridized carbons (Fsp3) is 0.294. The maximum atomic E-state index is 12.6. The van der Waals surface area contributed by atoms with Gasteiger partial charge in [0.05, 0.1) is 5.92 Å². The number of carbonyl (C=O) groups is 2. The van der Waals surface area contributed by atoms with Gasteiger partial charge in [-0.1, -0.05) is 40.2 Å². The van der Waals surface area contributed by atoms with Crippen LogP contribution in [0.3, 0.4) is 0 Å². The maximum absolute atomic E-state index is 12.6. The van der Waals surface area contributed by atoms with E-state index in [0.717, 1.165) is 15.2 Å². The lowest BCUT2D eigenvalue weighted by Crippen LogP contribution is -2.33. The lowest BCUT2D eigenvalue weighted by molar-refractivity contribution is -0.141. The molecule has 2 N–H and O–H groups in total. The Hall–Kier alpha value is -1.88. The normalized spacial score (nSPS) is 21.0. The van der Waals surface area contributed by atoms with E-state index in [-0.39, 0.29) is 17.9 Å². The number of carboxylic acid groups (broad SMARTS) is 1. The summed E-state index contributed by atoms with van der Waals surface area (Å²) in [6.45, 7) is 0. The lowest BCUT2D eigenvalue weighted by atomic mass is 10.0. The number of aliphatic carboxylic acids is 1. The second kappa shape index (κ2) is 6.08. The van der Waals surface area contributed by atoms with Crippen molar-refractivity contribution in [3.8, 4) is 0 Å². The van der Waals surface area contributed by atoms with Crippen LogP contribution in [-0.2, 0) is 4.79 Å². The zero-order valence-electron chi connectivity index (χ0n) is 11.9. The molecular weight excluding hydrogens is 346 g/mol. The molecule has 1 aliphatic carbocycles. The Labute approximate surface area is 136 Å². The molecule has 1 aliphatic rings. The Kier molecular flexibility index (Phi) is 4.16. The minimum atomic E-state index is -0.773. The third kappa shape index (κ3) is 2.99. The number of nitrogens with one attached hydrogen (secondary N) is 1. The number of carboxylic acids is 1. The summed E-state index contributed by atoms with van der Waals surface area (Å²) in [7, 11) is 0. The quantitative estimate of drug-likeness (QED) is 0.877. The summed E-state index contributed by atoms with van der Waals surface area (Å²) in [6, 6.07) is 11.4. The van der Waals surface area contributed by atoms with E-state index in [1.165, 1.54) is 0 Å². The molecule has 5 heteroatoms. The minimum absolute atomic E-state index is 0.0636. The van der Waals surface area contributed by atoms with Crippen LogP contribution in [0.15, 0.2) is 40.9 Å². The first kappa shape index (κ1) is 15.0. The number of hydrogen-bond donors (Lipinski definition) is 2. The smallest absolute Gasteiger partial charge is 0.306 e. The highest BCUT2D eigenvalue weighted by Crippen LogP contribution is 2.28. The van der Waals surface area contributed by atoms with Gasteiger partial charge in [0.15, 0.2) is 0 Å². The van der Waals surface area contributed by atoms with E-state index in [2.05, 4.69) is 21.2 Å². The van der Waals surface area contributed by atoms with E-state index in [0.29, 0.717) is 24.8 Å². The fourth-order valence-corrected chi connectivity index (χ4v) is 3.54. The van der Waals surface area contributed by atoms with Crippen LogP contribution < -0.4 is 5.32 Å². The zero-order valence-corrected chi connectivity index (χ0v) is 13.5. The minimum Gasteiger partial charge on any atom is -0.481 e. The fourth-order valence-electron chi connectivity index (χ4n) is 3.06. The van der Waals surface area contributed by atoms with Crippen LogP contribution in [0.5, 0.6) is 0 Å². The summed E-state index contributed by atoms with van der Waals surface area (Å²) < 4.78 is 0.853. The number of rotatable bonds is 3. The van der Waals surface area contributed by atoms with Gasteiger partial charge in [-0.3, -0.25) is 9.59 Å². The van der Waals surface area contributed by atoms with Crippen molar-refractivity contribution in [2.45, 2.75) is 25.3 Å². The van der Waals surface area contributed by atoms with E-state index in [9.17, 15) is 9.59 Å². The van der Waals surface area contributed by atoms with E-state index < -0.39 is 5.97 Å². The van der Waals surface area contributed by atoms with E-state index in [1.807, 2.05) is 30.3 Å². The molecule has 0 bridgehead atoms. The predicted molar refractivity (Wildman–Crippen MR) is 87.9 cm³/mol. The van der Waals surface area contributed by atoms with Gasteiger partial charge in [-0.05, 0) is 42.2 Å². The van der Waals surface area contributed by atoms with Gasteiger partial charge in [0.2, 0.25) is 0 Å². The zero-order chi connectivity index (χ0) is 15.7. The van der Waals surface area contributed by atoms with Crippen molar-refractivity contribution in [1.82, 2.24) is 5.32 Å². The molecule has 0 unspecified atom stereocenters. The summed E-state index contributed by atoms with van der Waals surface area (Å²) in [6.07, 6.45) is 1.85. The Bertz CT molecular complexity index is 744. The van der Waals surface area contributed by atoms with E-state index >= 15 is 0 Å². The molecule has 0 spiro atoms. The highest BCUT2D eigenvalue weighted by Gasteiger charge is 2.30. The highest BCUT2D eigenvalue weighted by atomic mass is 79.9. The summed E-state index contributed by atoms with van der Waals surface area (Å²) >= 11 is 3.44. The third-order valence-corrected chi connectivity index (χ3v) is 4.65. The number of halogens is 1. The molecule has 0 aromatic heterocycles. The lowest BCUT2D eigenvalue weighted by Gasteiger charge is -2.14. The Balaban J connectivity index is 1.83. The molecule has 0 heterocycles. The van der Waals surface area contributed by atoms with Gasteiger partial charge < -0.3 is 10.4 Å². The number of hydrogen-bond acceptors (Lipinski definition) is 2. The van der Waals surface area contributed by atoms with Gasteiger partial charge in [0, 0.05) is 16.1 Å². The Morgan fingerprint density at radius 3 is 2.68 bits per heavy atom. The summed E-state index contributed by atoms with van der Waals surface area (Å²) in [4.78, 5) is 23.6. The van der Waals surface area contributed by atoms with Crippen molar-refractivity contribution in [2.75, 3.05) is 0 Å². The van der Waals surface area contributed by atoms with Crippen LogP contribution in [0.1, 0.15) is 29.6 Å². The molecule has 1 saturated carbocycles.